The van der Waals surface area contributed by atoms with Crippen molar-refractivity contribution in [2.24, 2.45) is 0 Å². The van der Waals surface area contributed by atoms with Gasteiger partial charge in [-0.1, -0.05) is 23.1 Å². The van der Waals surface area contributed by atoms with Gasteiger partial charge < -0.3 is 15.4 Å². The number of carbonyl (C=O) groups excluding carboxylic acids is 3. The molecule has 2 aliphatic rings. The number of thiazole rings is 1. The quantitative estimate of drug-likeness (QED) is 0.183. The molecular weight excluding hydrogens is 484 g/mol. The van der Waals surface area contributed by atoms with Gasteiger partial charge in [-0.3, -0.25) is 24.7 Å². The van der Waals surface area contributed by atoms with Crippen molar-refractivity contribution in [1.82, 2.24) is 25.4 Å². The van der Waals surface area contributed by atoms with Gasteiger partial charge in [-0.2, -0.15) is 0 Å². The highest BCUT2D eigenvalue weighted by Gasteiger charge is 2.54. The lowest BCUT2D eigenvalue weighted by Gasteiger charge is -2.49. The third-order valence-corrected chi connectivity index (χ3v) is 8.50. The van der Waals surface area contributed by atoms with E-state index in [4.69, 9.17) is 5.41 Å². The molecule has 0 aliphatic carbocycles. The summed E-state index contributed by atoms with van der Waals surface area (Å²) in [6.07, 6.45) is 0. The van der Waals surface area contributed by atoms with E-state index in [2.05, 4.69) is 20.5 Å². The second kappa shape index (κ2) is 8.57. The minimum Gasteiger partial charge on any atom is -0.477 e. The fourth-order valence-electron chi connectivity index (χ4n) is 3.02. The van der Waals surface area contributed by atoms with Gasteiger partial charge in [0.15, 0.2) is 9.14 Å². The van der Waals surface area contributed by atoms with E-state index in [1.54, 1.807) is 0 Å². The number of aromatic nitrogens is 3. The molecule has 31 heavy (non-hydrogen) atoms. The number of nitrogens with one attached hydrogen (secondary N) is 3. The first-order valence-electron chi connectivity index (χ1n) is 8.66. The number of nitrogens with zero attached hydrogens (tertiary/aromatic N) is 3. The zero-order valence-electron chi connectivity index (χ0n) is 15.7. The van der Waals surface area contributed by atoms with Crippen LogP contribution in [0.4, 0.5) is 0 Å². The molecule has 4 heterocycles. The van der Waals surface area contributed by atoms with Gasteiger partial charge in [-0.05, 0) is 12.5 Å². The molecule has 4 rings (SSSR count). The first-order chi connectivity index (χ1) is 14.8. The van der Waals surface area contributed by atoms with Crippen LogP contribution in [0.25, 0.3) is 0 Å². The molecule has 2 aromatic rings. The Morgan fingerprint density at radius 1 is 1.42 bits per heavy atom. The van der Waals surface area contributed by atoms with E-state index in [-0.39, 0.29) is 16.2 Å². The van der Waals surface area contributed by atoms with Gasteiger partial charge >= 0.3 is 5.97 Å². The number of thioether (sulfide) groups is 2. The number of carboxylic acid groups (broad SMARTS) is 1. The summed E-state index contributed by atoms with van der Waals surface area (Å²) >= 11 is 5.04. The van der Waals surface area contributed by atoms with Crippen LogP contribution >= 0.6 is 46.2 Å². The summed E-state index contributed by atoms with van der Waals surface area (Å²) in [6, 6.07) is -0.995. The fraction of sp³-hybridized carbons (Fsp3) is 0.312. The van der Waals surface area contributed by atoms with Crippen LogP contribution in [0, 0.1) is 12.3 Å². The van der Waals surface area contributed by atoms with Crippen LogP contribution in [0.2, 0.25) is 0 Å². The highest BCUT2D eigenvalue weighted by Crippen LogP contribution is 2.41. The number of ketones is 1. The molecule has 2 atom stereocenters. The third-order valence-electron chi connectivity index (χ3n) is 4.41. The van der Waals surface area contributed by atoms with Gasteiger partial charge in [0.2, 0.25) is 0 Å². The minimum atomic E-state index is -1.22. The van der Waals surface area contributed by atoms with Gasteiger partial charge in [0.1, 0.15) is 27.8 Å². The number of Topliss-reactive ketones (excluding diaryl/α,β-unsaturated/α-hetero) is 1. The Morgan fingerprint density at radius 2 is 2.19 bits per heavy atom. The topological polar surface area (TPSA) is 169 Å². The van der Waals surface area contributed by atoms with E-state index in [1.165, 1.54) is 40.2 Å². The molecule has 0 saturated carbocycles. The van der Waals surface area contributed by atoms with E-state index in [0.29, 0.717) is 21.4 Å². The minimum absolute atomic E-state index is 0.0233. The zero-order valence-corrected chi connectivity index (χ0v) is 19.0. The molecule has 0 bridgehead atoms. The maximum Gasteiger partial charge on any atom is 0.352 e. The second-order valence-electron chi connectivity index (χ2n) is 6.43. The van der Waals surface area contributed by atoms with Crippen LogP contribution in [0.3, 0.4) is 0 Å². The smallest absolute Gasteiger partial charge is 0.352 e. The number of H-pyrrole nitrogens is 1. The number of hydrogen-bond donors (Lipinski definition) is 4. The maximum absolute atomic E-state index is 12.7. The Labute approximate surface area is 190 Å². The molecule has 0 spiro atoms. The highest BCUT2D eigenvalue weighted by atomic mass is 32.2. The first kappa shape index (κ1) is 21.7. The Kier molecular flexibility index (Phi) is 6.00. The van der Waals surface area contributed by atoms with Crippen molar-refractivity contribution in [3.8, 4) is 0 Å². The molecule has 0 radical (unpaired) electrons. The molecule has 162 valence electrons. The molecule has 15 heteroatoms. The van der Waals surface area contributed by atoms with E-state index in [1.807, 2.05) is 6.92 Å². The number of aromatic amines is 1. The standard InChI is InChI=1S/C16H14N6O5S4/c1-5-20-21-16(31-5)30-3-6-2-28-13-8(12(25)22(13)9(6)14(26)27)19-11(24)10(23)7-4-29-15(17)18-7/h4,8,13H,2-3H2,1H3,(H2,17,18)(H,19,24)(H,26,27)/t8?,13-/m0/s1. The summed E-state index contributed by atoms with van der Waals surface area (Å²) in [5.74, 6) is -2.97. The molecule has 11 nitrogen and oxygen atoms in total. The summed E-state index contributed by atoms with van der Waals surface area (Å²) in [5, 5.41) is 29.0. The van der Waals surface area contributed by atoms with Crippen LogP contribution < -0.4 is 10.1 Å². The van der Waals surface area contributed by atoms with Crippen LogP contribution in [0.1, 0.15) is 15.5 Å². The lowest BCUT2D eigenvalue weighted by molar-refractivity contribution is -0.150. The molecule has 1 fully saturated rings. The van der Waals surface area contributed by atoms with Crippen LogP contribution in [-0.2, 0) is 14.4 Å². The van der Waals surface area contributed by atoms with E-state index in [0.717, 1.165) is 21.2 Å². The van der Waals surface area contributed by atoms with Crippen molar-refractivity contribution in [3.05, 3.63) is 32.2 Å². The number of aliphatic carboxylic acids is 1. The van der Waals surface area contributed by atoms with Gasteiger partial charge in [-0.25, -0.2) is 4.79 Å². The highest BCUT2D eigenvalue weighted by molar-refractivity contribution is 8.01. The number of carboxylic acids is 1. The van der Waals surface area contributed by atoms with E-state index < -0.39 is 35.0 Å². The summed E-state index contributed by atoms with van der Waals surface area (Å²) in [4.78, 5) is 52.6. The molecule has 2 aliphatic heterocycles. The third kappa shape index (κ3) is 4.17. The van der Waals surface area contributed by atoms with Gasteiger partial charge in [0, 0.05) is 16.9 Å². The fourth-order valence-corrected chi connectivity index (χ4v) is 6.89. The number of carbonyl (C=O) groups is 4. The summed E-state index contributed by atoms with van der Waals surface area (Å²) in [5.41, 5.74) is 0.450. The van der Waals surface area contributed by atoms with E-state index in [9.17, 15) is 24.3 Å². The average molecular weight is 499 g/mol. The van der Waals surface area contributed by atoms with Crippen molar-refractivity contribution in [3.63, 3.8) is 0 Å². The van der Waals surface area contributed by atoms with Crippen LogP contribution in [0.15, 0.2) is 21.0 Å². The predicted octanol–water partition coefficient (Wildman–Crippen LogP) is 0.429. The number of fused-ring (bicyclic) bond motifs is 1. The second-order valence-corrected chi connectivity index (χ2v) is 10.8. The number of amides is 2. The SMILES string of the molecule is Cc1nnc(SCC2=C(C(=O)O)N3C(=O)C(NC(=O)C(=O)c4csc(=N)[nH]4)[C@@H]3SC2)s1. The van der Waals surface area contributed by atoms with Crippen molar-refractivity contribution in [2.75, 3.05) is 11.5 Å². The van der Waals surface area contributed by atoms with Crippen molar-refractivity contribution in [1.29, 1.82) is 5.41 Å². The first-order valence-corrected chi connectivity index (χ1v) is 12.4. The molecule has 2 amide bonds. The normalized spacial score (nSPS) is 20.3. The predicted molar refractivity (Wildman–Crippen MR) is 114 cm³/mol. The number of hydrogen-bond acceptors (Lipinski definition) is 11. The number of β-lactam (4-membered cyclic amide) rings is 1. The van der Waals surface area contributed by atoms with Crippen molar-refractivity contribution >= 4 is 69.8 Å². The van der Waals surface area contributed by atoms with Crippen molar-refractivity contribution in [2.45, 2.75) is 22.7 Å². The Balaban J connectivity index is 1.46. The molecule has 2 aromatic heterocycles. The van der Waals surface area contributed by atoms with Crippen molar-refractivity contribution < 1.29 is 24.3 Å². The summed E-state index contributed by atoms with van der Waals surface area (Å²) in [7, 11) is 0. The Bertz CT molecular complexity index is 1180. The molecule has 1 saturated heterocycles. The number of aryl methyl sites for hydroxylation is 1. The Hall–Kier alpha value is -2.49. The monoisotopic (exact) mass is 498 g/mol. The molecule has 4 N–H and O–H groups in total. The lowest BCUT2D eigenvalue weighted by Crippen LogP contribution is -2.71. The molecular formula is C16H14N6O5S4. The molecule has 1 unspecified atom stereocenters. The van der Waals surface area contributed by atoms with Gasteiger partial charge in [0.05, 0.1) is 0 Å². The lowest BCUT2D eigenvalue weighted by atomic mass is 10.0. The maximum atomic E-state index is 12.7. The summed E-state index contributed by atoms with van der Waals surface area (Å²) in [6.45, 7) is 1.82. The van der Waals surface area contributed by atoms with Gasteiger partial charge in [0.25, 0.3) is 17.6 Å². The average Bonchev–Trinajstić information content (AvgIpc) is 3.36. The summed E-state index contributed by atoms with van der Waals surface area (Å²) < 4.78 is 0.710. The van der Waals surface area contributed by atoms with Crippen LogP contribution in [0.5, 0.6) is 0 Å². The van der Waals surface area contributed by atoms with E-state index >= 15 is 0 Å². The Morgan fingerprint density at radius 3 is 2.81 bits per heavy atom. The van der Waals surface area contributed by atoms with Gasteiger partial charge in [-0.15, -0.1) is 33.3 Å². The molecule has 0 aromatic carbocycles. The van der Waals surface area contributed by atoms with Crippen LogP contribution in [-0.4, -0.2) is 71.7 Å². The largest absolute Gasteiger partial charge is 0.477 e. The zero-order chi connectivity index (χ0) is 22.3. The number of rotatable bonds is 7.